The number of hydrogen-bond acceptors (Lipinski definition) is 5. The largest absolute Gasteiger partial charge is 0.431 e. The van der Waals surface area contributed by atoms with E-state index in [1.54, 1.807) is 6.26 Å². The van der Waals surface area contributed by atoms with Crippen molar-refractivity contribution < 1.29 is 19.4 Å². The van der Waals surface area contributed by atoms with Gasteiger partial charge in [0.15, 0.2) is 0 Å². The van der Waals surface area contributed by atoms with E-state index in [9.17, 15) is 15.0 Å². The van der Waals surface area contributed by atoms with Crippen molar-refractivity contribution in [2.75, 3.05) is 0 Å². The summed E-state index contributed by atoms with van der Waals surface area (Å²) in [6, 6.07) is 3.48. The van der Waals surface area contributed by atoms with E-state index in [-0.39, 0.29) is 34.3 Å². The van der Waals surface area contributed by atoms with Crippen LogP contribution >= 0.6 is 0 Å². The lowest BCUT2D eigenvalue weighted by atomic mass is 9.42. The third-order valence-electron chi connectivity index (χ3n) is 10.3. The molecule has 5 fully saturated rings. The summed E-state index contributed by atoms with van der Waals surface area (Å²) >= 11 is 0. The van der Waals surface area contributed by atoms with Gasteiger partial charge >= 0.3 is 5.63 Å². The van der Waals surface area contributed by atoms with Gasteiger partial charge in [-0.2, -0.15) is 0 Å². The van der Waals surface area contributed by atoms with E-state index < -0.39 is 5.60 Å². The smallest absolute Gasteiger partial charge is 0.335 e. The summed E-state index contributed by atoms with van der Waals surface area (Å²) in [6.45, 7) is 4.67. The van der Waals surface area contributed by atoms with Crippen LogP contribution in [-0.2, 0) is 4.74 Å². The zero-order chi connectivity index (χ0) is 20.2. The Labute approximate surface area is 171 Å². The molecule has 0 amide bonds. The van der Waals surface area contributed by atoms with Gasteiger partial charge < -0.3 is 19.4 Å². The Hall–Kier alpha value is -1.17. The van der Waals surface area contributed by atoms with Crippen molar-refractivity contribution in [2.45, 2.75) is 94.5 Å². The molecule has 0 bridgehead atoms. The highest BCUT2D eigenvalue weighted by atomic mass is 16.6. The van der Waals surface area contributed by atoms with Crippen molar-refractivity contribution in [3.63, 3.8) is 0 Å². The number of fused-ring (bicyclic) bond motifs is 3. The number of aliphatic hydroxyl groups is 2. The van der Waals surface area contributed by atoms with Crippen molar-refractivity contribution >= 4 is 0 Å². The van der Waals surface area contributed by atoms with Gasteiger partial charge in [-0.15, -0.1) is 0 Å². The molecular formula is C24H32O5. The van der Waals surface area contributed by atoms with Gasteiger partial charge in [0.2, 0.25) is 0 Å². The van der Waals surface area contributed by atoms with Gasteiger partial charge in [0.05, 0.1) is 24.1 Å². The lowest BCUT2D eigenvalue weighted by Gasteiger charge is -2.64. The molecule has 1 aromatic heterocycles. The highest BCUT2D eigenvalue weighted by molar-refractivity contribution is 5.35. The average molecular weight is 401 g/mol. The second-order valence-electron chi connectivity index (χ2n) is 11.1. The van der Waals surface area contributed by atoms with Crippen LogP contribution in [0.5, 0.6) is 0 Å². The van der Waals surface area contributed by atoms with E-state index >= 15 is 0 Å². The third kappa shape index (κ3) is 2.10. The van der Waals surface area contributed by atoms with E-state index in [1.807, 2.05) is 6.07 Å². The summed E-state index contributed by atoms with van der Waals surface area (Å²) in [6.07, 6.45) is 8.69. The van der Waals surface area contributed by atoms with Crippen molar-refractivity contribution in [2.24, 2.45) is 22.7 Å². The minimum Gasteiger partial charge on any atom is -0.431 e. The molecule has 3 unspecified atom stereocenters. The van der Waals surface area contributed by atoms with E-state index in [4.69, 9.17) is 9.15 Å². The number of ether oxygens (including phenoxy) is 1. The Kier molecular flexibility index (Phi) is 3.55. The molecule has 2 heterocycles. The second-order valence-corrected chi connectivity index (χ2v) is 11.1. The lowest BCUT2D eigenvalue weighted by Crippen LogP contribution is -2.65. The van der Waals surface area contributed by atoms with Gasteiger partial charge in [0.1, 0.15) is 5.60 Å². The van der Waals surface area contributed by atoms with Crippen LogP contribution in [0.15, 0.2) is 27.6 Å². The molecule has 9 atom stereocenters. The molecule has 158 valence electrons. The first-order chi connectivity index (χ1) is 13.7. The van der Waals surface area contributed by atoms with Gasteiger partial charge in [-0.05, 0) is 79.7 Å². The monoisotopic (exact) mass is 400 g/mol. The molecule has 5 heteroatoms. The maximum absolute atomic E-state index is 11.6. The quantitative estimate of drug-likeness (QED) is 0.706. The number of aliphatic hydroxyl groups excluding tert-OH is 1. The first-order valence-corrected chi connectivity index (χ1v) is 11.4. The third-order valence-corrected chi connectivity index (χ3v) is 10.3. The fourth-order valence-corrected chi connectivity index (χ4v) is 8.73. The zero-order valence-electron chi connectivity index (χ0n) is 17.4. The summed E-state index contributed by atoms with van der Waals surface area (Å²) in [5.74, 6) is 1.26. The Morgan fingerprint density at radius 3 is 2.55 bits per heavy atom. The van der Waals surface area contributed by atoms with Gasteiger partial charge in [0, 0.05) is 17.9 Å². The summed E-state index contributed by atoms with van der Waals surface area (Å²) in [7, 11) is 0. The van der Waals surface area contributed by atoms with E-state index in [0.717, 1.165) is 50.5 Å². The van der Waals surface area contributed by atoms with E-state index in [0.29, 0.717) is 24.2 Å². The Bertz CT molecular complexity index is 890. The van der Waals surface area contributed by atoms with E-state index in [2.05, 4.69) is 13.8 Å². The molecule has 4 aliphatic carbocycles. The van der Waals surface area contributed by atoms with Crippen LogP contribution in [0.1, 0.15) is 76.7 Å². The molecule has 2 N–H and O–H groups in total. The minimum absolute atomic E-state index is 0.0404. The molecule has 4 saturated carbocycles. The SMILES string of the molecule is C[C@]12CCC(O)CC1(O)CC[C@@H]1[C@@H]2CC[C@]2(C)[C@@H](c3ccc(=O)oc3)CC3O[C@@]312. The van der Waals surface area contributed by atoms with Crippen molar-refractivity contribution in [3.05, 3.63) is 34.4 Å². The number of hydrogen-bond donors (Lipinski definition) is 2. The molecule has 1 spiro atoms. The topological polar surface area (TPSA) is 83.2 Å². The predicted octanol–water partition coefficient (Wildman–Crippen LogP) is 3.37. The van der Waals surface area contributed by atoms with Crippen molar-refractivity contribution in [1.82, 2.24) is 0 Å². The van der Waals surface area contributed by atoms with Crippen LogP contribution in [0.3, 0.4) is 0 Å². The molecule has 6 rings (SSSR count). The average Bonchev–Trinajstić information content (AvgIpc) is 3.34. The summed E-state index contributed by atoms with van der Waals surface area (Å²) in [5.41, 5.74) is -0.118. The first kappa shape index (κ1) is 18.6. The maximum atomic E-state index is 11.6. The fraction of sp³-hybridized carbons (Fsp3) is 0.792. The van der Waals surface area contributed by atoms with Crippen LogP contribution < -0.4 is 5.63 Å². The molecule has 29 heavy (non-hydrogen) atoms. The standard InChI is InChI=1S/C24H32O5/c1-21-8-5-15(25)12-23(21,27)10-7-17-16(21)6-9-22(2)18(11-19-24(17,22)29-19)14-3-4-20(26)28-13-14/h3-4,13,15-19,25,27H,5-12H2,1-2H3/t15?,16-,17+,18+,19?,21+,22+,23?,24+/m0/s1. The van der Waals surface area contributed by atoms with Crippen LogP contribution in [0.4, 0.5) is 0 Å². The Morgan fingerprint density at radius 2 is 1.79 bits per heavy atom. The summed E-state index contributed by atoms with van der Waals surface area (Å²) in [4.78, 5) is 11.4. The molecule has 1 aromatic rings. The lowest BCUT2D eigenvalue weighted by molar-refractivity contribution is -0.223. The number of rotatable bonds is 1. The van der Waals surface area contributed by atoms with Gasteiger partial charge in [-0.1, -0.05) is 13.8 Å². The Morgan fingerprint density at radius 1 is 1.03 bits per heavy atom. The molecule has 1 saturated heterocycles. The highest BCUT2D eigenvalue weighted by Crippen LogP contribution is 2.78. The maximum Gasteiger partial charge on any atom is 0.335 e. The highest BCUT2D eigenvalue weighted by Gasteiger charge is 2.81. The molecular weight excluding hydrogens is 368 g/mol. The van der Waals surface area contributed by atoms with Gasteiger partial charge in [-0.25, -0.2) is 4.79 Å². The summed E-state index contributed by atoms with van der Waals surface area (Å²) in [5, 5.41) is 21.8. The van der Waals surface area contributed by atoms with Crippen LogP contribution in [0.2, 0.25) is 0 Å². The fourth-order valence-electron chi connectivity index (χ4n) is 8.73. The predicted molar refractivity (Wildman–Crippen MR) is 106 cm³/mol. The number of epoxide rings is 1. The van der Waals surface area contributed by atoms with E-state index in [1.165, 1.54) is 6.07 Å². The Balaban J connectivity index is 1.37. The van der Waals surface area contributed by atoms with Crippen molar-refractivity contribution in [1.29, 1.82) is 0 Å². The van der Waals surface area contributed by atoms with Crippen molar-refractivity contribution in [3.8, 4) is 0 Å². The minimum atomic E-state index is -0.749. The van der Waals surface area contributed by atoms with Crippen LogP contribution in [0.25, 0.3) is 0 Å². The summed E-state index contributed by atoms with van der Waals surface area (Å²) < 4.78 is 11.8. The van der Waals surface area contributed by atoms with Crippen LogP contribution in [0, 0.1) is 22.7 Å². The van der Waals surface area contributed by atoms with Gasteiger partial charge in [0.25, 0.3) is 0 Å². The molecule has 5 aliphatic rings. The molecule has 0 radical (unpaired) electrons. The zero-order valence-corrected chi connectivity index (χ0v) is 17.4. The second kappa shape index (κ2) is 5.54. The van der Waals surface area contributed by atoms with Gasteiger partial charge in [-0.3, -0.25) is 0 Å². The molecule has 5 nitrogen and oxygen atoms in total. The molecule has 0 aromatic carbocycles. The molecule has 1 aliphatic heterocycles. The van der Waals surface area contributed by atoms with Crippen LogP contribution in [-0.4, -0.2) is 33.6 Å². The first-order valence-electron chi connectivity index (χ1n) is 11.4. The normalized spacial score (nSPS) is 55.4.